The molecule has 2 aromatic carbocycles. The van der Waals surface area contributed by atoms with Crippen LogP contribution in [0.25, 0.3) is 10.1 Å². The second-order valence-corrected chi connectivity index (χ2v) is 8.82. The van der Waals surface area contributed by atoms with E-state index in [-0.39, 0.29) is 5.91 Å². The summed E-state index contributed by atoms with van der Waals surface area (Å²) in [5.74, 6) is 0.0683. The Morgan fingerprint density at radius 3 is 2.57 bits per heavy atom. The molecule has 0 radical (unpaired) electrons. The number of amides is 1. The van der Waals surface area contributed by atoms with Crippen LogP contribution >= 0.6 is 23.1 Å². The first-order valence-corrected chi connectivity index (χ1v) is 11.7. The highest BCUT2D eigenvalue weighted by Gasteiger charge is 2.20. The molecule has 0 unspecified atom stereocenters. The van der Waals surface area contributed by atoms with Gasteiger partial charge in [-0.15, -0.1) is 23.1 Å². The van der Waals surface area contributed by atoms with Gasteiger partial charge in [0.1, 0.15) is 0 Å². The molecule has 4 rings (SSSR count). The molecule has 1 aliphatic heterocycles. The number of fused-ring (bicyclic) bond motifs is 1. The summed E-state index contributed by atoms with van der Waals surface area (Å²) < 4.78 is 1.36. The highest BCUT2D eigenvalue weighted by atomic mass is 32.2. The van der Waals surface area contributed by atoms with Gasteiger partial charge in [0.15, 0.2) is 0 Å². The van der Waals surface area contributed by atoms with Crippen LogP contribution in [0, 0.1) is 0 Å². The first kappa shape index (κ1) is 19.5. The average molecular weight is 412 g/mol. The molecule has 0 atom stereocenters. The summed E-state index contributed by atoms with van der Waals surface area (Å²) in [7, 11) is 0. The van der Waals surface area contributed by atoms with Crippen molar-refractivity contribution >= 4 is 44.8 Å². The molecule has 0 bridgehead atoms. The number of benzene rings is 2. The maximum absolute atomic E-state index is 12.5. The van der Waals surface area contributed by atoms with Crippen LogP contribution in [0.1, 0.15) is 5.56 Å². The van der Waals surface area contributed by atoms with Gasteiger partial charge in [0.25, 0.3) is 0 Å². The topological polar surface area (TPSA) is 35.6 Å². The molecule has 1 amide bonds. The molecule has 0 saturated carbocycles. The van der Waals surface area contributed by atoms with Gasteiger partial charge in [-0.1, -0.05) is 30.3 Å². The van der Waals surface area contributed by atoms with E-state index in [4.69, 9.17) is 0 Å². The van der Waals surface area contributed by atoms with Gasteiger partial charge in [-0.25, -0.2) is 0 Å². The smallest absolute Gasteiger partial charge is 0.238 e. The van der Waals surface area contributed by atoms with Gasteiger partial charge < -0.3 is 5.32 Å². The summed E-state index contributed by atoms with van der Waals surface area (Å²) >= 11 is 3.48. The van der Waals surface area contributed by atoms with Crippen LogP contribution in [0.3, 0.4) is 0 Å². The van der Waals surface area contributed by atoms with Crippen molar-refractivity contribution in [2.45, 2.75) is 11.4 Å². The van der Waals surface area contributed by atoms with E-state index in [9.17, 15) is 4.79 Å². The number of thioether (sulfide) groups is 1. The van der Waals surface area contributed by atoms with Crippen molar-refractivity contribution in [1.29, 1.82) is 0 Å². The van der Waals surface area contributed by atoms with E-state index in [2.05, 4.69) is 44.8 Å². The summed E-state index contributed by atoms with van der Waals surface area (Å²) in [5, 5.41) is 6.72. The van der Waals surface area contributed by atoms with Crippen molar-refractivity contribution in [1.82, 2.24) is 9.80 Å². The molecule has 4 nitrogen and oxygen atoms in total. The monoisotopic (exact) mass is 411 g/mol. The number of carbonyl (C=O) groups is 1. The van der Waals surface area contributed by atoms with Gasteiger partial charge >= 0.3 is 0 Å². The Morgan fingerprint density at radius 1 is 1.04 bits per heavy atom. The van der Waals surface area contributed by atoms with Crippen molar-refractivity contribution < 1.29 is 4.79 Å². The molecule has 1 aromatic heterocycles. The summed E-state index contributed by atoms with van der Waals surface area (Å²) in [4.78, 5) is 18.3. The first-order chi connectivity index (χ1) is 13.7. The Kier molecular flexibility index (Phi) is 6.32. The van der Waals surface area contributed by atoms with Crippen LogP contribution in [0.5, 0.6) is 0 Å². The van der Waals surface area contributed by atoms with E-state index in [1.54, 1.807) is 11.8 Å². The standard InChI is InChI=1S/C22H25N3OS2/c1-27-21-9-5-3-7-19(21)23-22(26)15-25-12-10-24(11-13-25)14-17-16-28-20-8-4-2-6-18(17)20/h2-9,16H,10-15H2,1H3,(H,23,26). The molecule has 3 aromatic rings. The van der Waals surface area contributed by atoms with Crippen molar-refractivity contribution in [3.63, 3.8) is 0 Å². The highest BCUT2D eigenvalue weighted by Crippen LogP contribution is 2.27. The maximum atomic E-state index is 12.5. The van der Waals surface area contributed by atoms with Crippen molar-refractivity contribution in [2.24, 2.45) is 0 Å². The minimum Gasteiger partial charge on any atom is -0.324 e. The molecule has 1 saturated heterocycles. The Hall–Kier alpha value is -1.86. The summed E-state index contributed by atoms with van der Waals surface area (Å²) in [5.41, 5.74) is 2.32. The normalized spacial score (nSPS) is 15.8. The quantitative estimate of drug-likeness (QED) is 0.611. The Bertz CT molecular complexity index is 948. The molecule has 1 fully saturated rings. The number of hydrogen-bond acceptors (Lipinski definition) is 5. The fourth-order valence-corrected chi connectivity index (χ4v) is 5.15. The van der Waals surface area contributed by atoms with E-state index in [1.165, 1.54) is 15.6 Å². The van der Waals surface area contributed by atoms with E-state index >= 15 is 0 Å². The van der Waals surface area contributed by atoms with Gasteiger partial charge in [-0.3, -0.25) is 14.6 Å². The Labute approximate surface area is 174 Å². The lowest BCUT2D eigenvalue weighted by atomic mass is 10.1. The number of rotatable bonds is 6. The Morgan fingerprint density at radius 2 is 1.75 bits per heavy atom. The highest BCUT2D eigenvalue weighted by molar-refractivity contribution is 7.98. The largest absolute Gasteiger partial charge is 0.324 e. The predicted molar refractivity (Wildman–Crippen MR) is 120 cm³/mol. The van der Waals surface area contributed by atoms with Gasteiger partial charge in [0.2, 0.25) is 5.91 Å². The number of hydrogen-bond donors (Lipinski definition) is 1. The number of thiophene rings is 1. The van der Waals surface area contributed by atoms with Crippen molar-refractivity contribution in [3.05, 3.63) is 59.5 Å². The second-order valence-electron chi connectivity index (χ2n) is 7.06. The molecular formula is C22H25N3OS2. The van der Waals surface area contributed by atoms with Crippen LogP contribution < -0.4 is 5.32 Å². The lowest BCUT2D eigenvalue weighted by Gasteiger charge is -2.34. The number of nitrogens with one attached hydrogen (secondary N) is 1. The van der Waals surface area contributed by atoms with Gasteiger partial charge in [0.05, 0.1) is 12.2 Å². The lowest BCUT2D eigenvalue weighted by molar-refractivity contribution is -0.117. The summed E-state index contributed by atoms with van der Waals surface area (Å²) in [6.07, 6.45) is 2.03. The summed E-state index contributed by atoms with van der Waals surface area (Å²) in [6, 6.07) is 16.6. The van der Waals surface area contributed by atoms with Crippen LogP contribution in [-0.2, 0) is 11.3 Å². The maximum Gasteiger partial charge on any atom is 0.238 e. The SMILES string of the molecule is CSc1ccccc1NC(=O)CN1CCN(Cc2csc3ccccc23)CC1. The van der Waals surface area contributed by atoms with E-state index in [0.29, 0.717) is 6.54 Å². The number of carbonyl (C=O) groups excluding carboxylic acids is 1. The number of nitrogens with zero attached hydrogens (tertiary/aromatic N) is 2. The van der Waals surface area contributed by atoms with E-state index in [0.717, 1.165) is 43.3 Å². The zero-order valence-corrected chi connectivity index (χ0v) is 17.7. The number of piperazine rings is 1. The molecule has 28 heavy (non-hydrogen) atoms. The molecular weight excluding hydrogens is 386 g/mol. The average Bonchev–Trinajstić information content (AvgIpc) is 3.13. The predicted octanol–water partition coefficient (Wildman–Crippen LogP) is 4.38. The van der Waals surface area contributed by atoms with Gasteiger partial charge in [-0.2, -0.15) is 0 Å². The first-order valence-electron chi connectivity index (χ1n) is 9.55. The fourth-order valence-electron chi connectivity index (χ4n) is 3.64. The number of anilines is 1. The fraction of sp³-hybridized carbons (Fsp3) is 0.318. The van der Waals surface area contributed by atoms with Gasteiger partial charge in [-0.05, 0) is 40.8 Å². The minimum absolute atomic E-state index is 0.0683. The third-order valence-electron chi connectivity index (χ3n) is 5.17. The van der Waals surface area contributed by atoms with Crippen LogP contribution in [0.15, 0.2) is 58.8 Å². The third-order valence-corrected chi connectivity index (χ3v) is 6.98. The molecule has 0 spiro atoms. The molecule has 1 N–H and O–H groups in total. The van der Waals surface area contributed by atoms with Crippen LogP contribution in [0.4, 0.5) is 5.69 Å². The van der Waals surface area contributed by atoms with Crippen molar-refractivity contribution in [3.8, 4) is 0 Å². The van der Waals surface area contributed by atoms with Crippen LogP contribution in [-0.4, -0.2) is 54.7 Å². The second kappa shape index (κ2) is 9.09. The van der Waals surface area contributed by atoms with Crippen LogP contribution in [0.2, 0.25) is 0 Å². The zero-order valence-electron chi connectivity index (χ0n) is 16.1. The third kappa shape index (κ3) is 4.58. The molecule has 146 valence electrons. The summed E-state index contributed by atoms with van der Waals surface area (Å²) in [6.45, 7) is 5.31. The Balaban J connectivity index is 1.28. The van der Waals surface area contributed by atoms with E-state index < -0.39 is 0 Å². The molecule has 6 heteroatoms. The lowest BCUT2D eigenvalue weighted by Crippen LogP contribution is -2.48. The minimum atomic E-state index is 0.0683. The molecule has 1 aliphatic rings. The van der Waals surface area contributed by atoms with E-state index in [1.807, 2.05) is 41.9 Å². The molecule has 0 aliphatic carbocycles. The zero-order chi connectivity index (χ0) is 19.3. The van der Waals surface area contributed by atoms with Crippen molar-refractivity contribution in [2.75, 3.05) is 44.3 Å². The number of para-hydroxylation sites is 1. The van der Waals surface area contributed by atoms with Gasteiger partial charge in [0, 0.05) is 42.3 Å². The molecule has 2 heterocycles.